The molecule has 1 aliphatic heterocycles. The van der Waals surface area contributed by atoms with Crippen molar-refractivity contribution in [3.05, 3.63) is 23.3 Å². The molecular weight excluding hydrogens is 297 g/mol. The maximum Gasteiger partial charge on any atom is 0.220 e. The normalized spacial score (nSPS) is 25.3. The molecule has 1 saturated carbocycles. The first-order valence-corrected chi connectivity index (χ1v) is 8.34. The van der Waals surface area contributed by atoms with Crippen molar-refractivity contribution in [3.63, 3.8) is 0 Å². The summed E-state index contributed by atoms with van der Waals surface area (Å²) in [4.78, 5) is 0. The molecule has 21 heavy (non-hydrogen) atoms. The third-order valence-electron chi connectivity index (χ3n) is 4.08. The largest absolute Gasteiger partial charge is 0.493 e. The number of rotatable bonds is 4. The second-order valence-corrected chi connectivity index (χ2v) is 7.55. The van der Waals surface area contributed by atoms with Gasteiger partial charge in [0.1, 0.15) is 11.4 Å². The summed E-state index contributed by atoms with van der Waals surface area (Å²) in [6.07, 6.45) is -0.488. The van der Waals surface area contributed by atoms with Crippen LogP contribution in [-0.4, -0.2) is 44.9 Å². The number of methoxy groups -OCH3 is 2. The molecular formula is C14H18FNO4S. The van der Waals surface area contributed by atoms with Crippen LogP contribution in [0.3, 0.4) is 0 Å². The molecule has 2 atom stereocenters. The molecule has 1 aromatic rings. The predicted molar refractivity (Wildman–Crippen MR) is 75.9 cm³/mol. The molecule has 1 aliphatic carbocycles. The molecule has 5 nitrogen and oxygen atoms in total. The van der Waals surface area contributed by atoms with E-state index in [1.54, 1.807) is 20.3 Å². The average Bonchev–Trinajstić information content (AvgIpc) is 3.23. The smallest absolute Gasteiger partial charge is 0.220 e. The number of benzene rings is 1. The van der Waals surface area contributed by atoms with Gasteiger partial charge in [0, 0.05) is 19.5 Å². The van der Waals surface area contributed by atoms with Gasteiger partial charge < -0.3 is 9.47 Å². The lowest BCUT2D eigenvalue weighted by Gasteiger charge is -2.28. The predicted octanol–water partition coefficient (Wildman–Crippen LogP) is 1.50. The van der Waals surface area contributed by atoms with E-state index in [1.807, 2.05) is 6.07 Å². The Balaban J connectivity index is 1.88. The van der Waals surface area contributed by atoms with Crippen LogP contribution in [0, 0.1) is 0 Å². The molecule has 0 spiro atoms. The van der Waals surface area contributed by atoms with Crippen LogP contribution in [0.2, 0.25) is 0 Å². The van der Waals surface area contributed by atoms with Crippen molar-refractivity contribution in [2.45, 2.75) is 30.8 Å². The maximum absolute atomic E-state index is 13.1. The summed E-state index contributed by atoms with van der Waals surface area (Å²) in [6, 6.07) is 3.68. The van der Waals surface area contributed by atoms with Crippen LogP contribution in [0.25, 0.3) is 0 Å². The summed E-state index contributed by atoms with van der Waals surface area (Å²) in [5.41, 5.74) is 1.94. The minimum absolute atomic E-state index is 0.123. The van der Waals surface area contributed by atoms with Gasteiger partial charge in [-0.25, -0.2) is 12.8 Å². The number of fused-ring (bicyclic) bond motifs is 1. The van der Waals surface area contributed by atoms with Crippen molar-refractivity contribution in [1.29, 1.82) is 0 Å². The molecule has 1 fully saturated rings. The quantitative estimate of drug-likeness (QED) is 0.845. The number of ether oxygens (including phenoxy) is 2. The van der Waals surface area contributed by atoms with E-state index in [0.29, 0.717) is 24.5 Å². The Bertz CT molecular complexity index is 661. The second kappa shape index (κ2) is 5.14. The van der Waals surface area contributed by atoms with Crippen molar-refractivity contribution in [2.24, 2.45) is 0 Å². The van der Waals surface area contributed by atoms with Gasteiger partial charge in [-0.3, -0.25) is 0 Å². The number of sulfonamides is 1. The van der Waals surface area contributed by atoms with Crippen molar-refractivity contribution in [1.82, 2.24) is 4.31 Å². The monoisotopic (exact) mass is 315 g/mol. The van der Waals surface area contributed by atoms with Gasteiger partial charge in [-0.1, -0.05) is 0 Å². The van der Waals surface area contributed by atoms with Gasteiger partial charge in [-0.05, 0) is 29.7 Å². The SMILES string of the molecule is COc1cc2c(cc1OC)CN(S(=O)(=O)[C@@H]1C[C@H]1F)CC2. The number of halogens is 1. The Morgan fingerprint density at radius 3 is 2.29 bits per heavy atom. The van der Waals surface area contributed by atoms with Crippen LogP contribution in [0.1, 0.15) is 17.5 Å². The van der Waals surface area contributed by atoms with Crippen molar-refractivity contribution < 1.29 is 22.3 Å². The summed E-state index contributed by atoms with van der Waals surface area (Å²) in [5, 5.41) is -0.848. The fourth-order valence-electron chi connectivity index (χ4n) is 2.72. The van der Waals surface area contributed by atoms with Crippen LogP contribution in [-0.2, 0) is 23.0 Å². The van der Waals surface area contributed by atoms with Crippen LogP contribution >= 0.6 is 0 Å². The highest BCUT2D eigenvalue weighted by Gasteiger charge is 2.51. The Labute approximate surface area is 123 Å². The number of hydrogen-bond acceptors (Lipinski definition) is 4. The Kier molecular flexibility index (Phi) is 3.57. The molecule has 1 aromatic carbocycles. The van der Waals surface area contributed by atoms with Crippen molar-refractivity contribution in [3.8, 4) is 11.5 Å². The van der Waals surface area contributed by atoms with E-state index >= 15 is 0 Å². The van der Waals surface area contributed by atoms with E-state index in [-0.39, 0.29) is 13.0 Å². The third-order valence-corrected chi connectivity index (χ3v) is 6.37. The standard InChI is InChI=1S/C14H18FNO4S/c1-19-12-5-9-3-4-16(8-10(9)6-13(12)20-2)21(17,18)14-7-11(14)15/h5-6,11,14H,3-4,7-8H2,1-2H3/t11-,14-/m1/s1. The molecule has 1 heterocycles. The van der Waals surface area contributed by atoms with Crippen LogP contribution in [0.5, 0.6) is 11.5 Å². The molecule has 0 unspecified atom stereocenters. The van der Waals surface area contributed by atoms with E-state index in [1.165, 1.54) is 4.31 Å². The Morgan fingerprint density at radius 1 is 1.19 bits per heavy atom. The van der Waals surface area contributed by atoms with E-state index in [0.717, 1.165) is 11.1 Å². The fourth-order valence-corrected chi connectivity index (χ4v) is 4.57. The summed E-state index contributed by atoms with van der Waals surface area (Å²) >= 11 is 0. The average molecular weight is 315 g/mol. The summed E-state index contributed by atoms with van der Waals surface area (Å²) in [6.45, 7) is 0.648. The fraction of sp³-hybridized carbons (Fsp3) is 0.571. The molecule has 3 rings (SSSR count). The summed E-state index contributed by atoms with van der Waals surface area (Å²) in [5.74, 6) is 1.21. The molecule has 0 bridgehead atoms. The number of alkyl halides is 1. The molecule has 2 aliphatic rings. The first kappa shape index (κ1) is 14.6. The summed E-state index contributed by atoms with van der Waals surface area (Å²) < 4.78 is 49.5. The van der Waals surface area contributed by atoms with Crippen molar-refractivity contribution in [2.75, 3.05) is 20.8 Å². The number of nitrogens with zero attached hydrogens (tertiary/aromatic N) is 1. The van der Waals surface area contributed by atoms with Gasteiger partial charge in [-0.15, -0.1) is 0 Å². The highest BCUT2D eigenvalue weighted by Crippen LogP contribution is 2.38. The highest BCUT2D eigenvalue weighted by atomic mass is 32.2. The molecule has 0 radical (unpaired) electrons. The van der Waals surface area contributed by atoms with Gasteiger partial charge in [-0.2, -0.15) is 4.31 Å². The lowest BCUT2D eigenvalue weighted by molar-refractivity contribution is 0.348. The van der Waals surface area contributed by atoms with E-state index in [9.17, 15) is 12.8 Å². The highest BCUT2D eigenvalue weighted by molar-refractivity contribution is 7.90. The zero-order valence-electron chi connectivity index (χ0n) is 12.0. The minimum Gasteiger partial charge on any atom is -0.493 e. The van der Waals surface area contributed by atoms with Crippen LogP contribution in [0.4, 0.5) is 4.39 Å². The molecule has 116 valence electrons. The summed E-state index contributed by atoms with van der Waals surface area (Å²) in [7, 11) is -0.421. The van der Waals surface area contributed by atoms with E-state index in [4.69, 9.17) is 9.47 Å². The van der Waals surface area contributed by atoms with E-state index < -0.39 is 21.4 Å². The maximum atomic E-state index is 13.1. The minimum atomic E-state index is -3.53. The Morgan fingerprint density at radius 2 is 1.76 bits per heavy atom. The van der Waals surface area contributed by atoms with E-state index in [2.05, 4.69) is 0 Å². The lowest BCUT2D eigenvalue weighted by atomic mass is 10.0. The van der Waals surface area contributed by atoms with Gasteiger partial charge in [0.05, 0.1) is 14.2 Å². The second-order valence-electron chi connectivity index (χ2n) is 5.39. The molecule has 7 heteroatoms. The zero-order chi connectivity index (χ0) is 15.2. The van der Waals surface area contributed by atoms with Gasteiger partial charge in [0.2, 0.25) is 10.0 Å². The molecule has 0 amide bonds. The van der Waals surface area contributed by atoms with Crippen LogP contribution < -0.4 is 9.47 Å². The van der Waals surface area contributed by atoms with Gasteiger partial charge >= 0.3 is 0 Å². The Hall–Kier alpha value is -1.34. The molecule has 0 N–H and O–H groups in total. The molecule has 0 aromatic heterocycles. The zero-order valence-corrected chi connectivity index (χ0v) is 12.8. The first-order chi connectivity index (χ1) is 9.97. The number of hydrogen-bond donors (Lipinski definition) is 0. The van der Waals surface area contributed by atoms with Gasteiger partial charge in [0.25, 0.3) is 0 Å². The lowest BCUT2D eigenvalue weighted by Crippen LogP contribution is -2.38. The topological polar surface area (TPSA) is 55.8 Å². The first-order valence-electron chi connectivity index (χ1n) is 6.84. The third kappa shape index (κ3) is 2.48. The van der Waals surface area contributed by atoms with Crippen LogP contribution in [0.15, 0.2) is 12.1 Å². The van der Waals surface area contributed by atoms with Crippen molar-refractivity contribution >= 4 is 10.0 Å². The van der Waals surface area contributed by atoms with Gasteiger partial charge in [0.15, 0.2) is 11.5 Å². The molecule has 0 saturated heterocycles.